The normalized spacial score (nSPS) is 14.9. The van der Waals surface area contributed by atoms with Gasteiger partial charge in [0.2, 0.25) is 0 Å². The number of allylic oxidation sites excluding steroid dienone is 2. The highest BCUT2D eigenvalue weighted by molar-refractivity contribution is 5.25. The summed E-state index contributed by atoms with van der Waals surface area (Å²) in [4.78, 5) is 0. The molecule has 0 aromatic heterocycles. The Morgan fingerprint density at radius 1 is 1.07 bits per heavy atom. The Balaban J connectivity index is 1.91. The summed E-state index contributed by atoms with van der Waals surface area (Å²) in [5.41, 5.74) is 4.21. The first-order chi connectivity index (χ1) is 7.38. The quantitative estimate of drug-likeness (QED) is 0.744. The molecule has 0 heterocycles. The van der Waals surface area contributed by atoms with Crippen molar-refractivity contribution in [2.75, 3.05) is 6.61 Å². The molecule has 0 bridgehead atoms. The predicted octanol–water partition coefficient (Wildman–Crippen LogP) is 2.87. The zero-order valence-corrected chi connectivity index (χ0v) is 9.08. The maximum atomic E-state index is 8.80. The lowest BCUT2D eigenvalue weighted by Gasteiger charge is -2.15. The standard InChI is InChI=1S/C14H18O/c15-11-10-14-8-6-13(7-9-14)5-4-12-2-1-3-12/h4,6-9,15H,1-3,5,10-11H2. The summed E-state index contributed by atoms with van der Waals surface area (Å²) in [5.74, 6) is 0. The van der Waals surface area contributed by atoms with Crippen molar-refractivity contribution in [1.29, 1.82) is 0 Å². The lowest BCUT2D eigenvalue weighted by atomic mass is 9.91. The average molecular weight is 202 g/mol. The third kappa shape index (κ3) is 2.93. The third-order valence-electron chi connectivity index (χ3n) is 3.05. The smallest absolute Gasteiger partial charge is 0.0471 e. The summed E-state index contributed by atoms with van der Waals surface area (Å²) in [5, 5.41) is 8.80. The van der Waals surface area contributed by atoms with Crippen molar-refractivity contribution >= 4 is 0 Å². The van der Waals surface area contributed by atoms with Gasteiger partial charge in [0.15, 0.2) is 0 Å². The summed E-state index contributed by atoms with van der Waals surface area (Å²) >= 11 is 0. The molecule has 1 fully saturated rings. The predicted molar refractivity (Wildman–Crippen MR) is 62.9 cm³/mol. The first-order valence-corrected chi connectivity index (χ1v) is 5.75. The van der Waals surface area contributed by atoms with Crippen molar-refractivity contribution in [2.45, 2.75) is 32.1 Å². The summed E-state index contributed by atoms with van der Waals surface area (Å²) < 4.78 is 0. The van der Waals surface area contributed by atoms with E-state index in [1.54, 1.807) is 5.57 Å². The third-order valence-corrected chi connectivity index (χ3v) is 3.05. The Kier molecular flexibility index (Phi) is 3.57. The maximum Gasteiger partial charge on any atom is 0.0471 e. The number of benzene rings is 1. The fourth-order valence-electron chi connectivity index (χ4n) is 1.82. The summed E-state index contributed by atoms with van der Waals surface area (Å²) in [6.07, 6.45) is 8.19. The summed E-state index contributed by atoms with van der Waals surface area (Å²) in [6, 6.07) is 8.57. The van der Waals surface area contributed by atoms with E-state index < -0.39 is 0 Å². The van der Waals surface area contributed by atoms with Crippen LogP contribution in [0.4, 0.5) is 0 Å². The molecule has 1 aromatic carbocycles. The Morgan fingerprint density at radius 3 is 2.27 bits per heavy atom. The van der Waals surface area contributed by atoms with E-state index in [-0.39, 0.29) is 6.61 Å². The minimum absolute atomic E-state index is 0.239. The van der Waals surface area contributed by atoms with Gasteiger partial charge in [0.25, 0.3) is 0 Å². The molecule has 0 amide bonds. The van der Waals surface area contributed by atoms with Crippen LogP contribution < -0.4 is 0 Å². The largest absolute Gasteiger partial charge is 0.396 e. The molecule has 15 heavy (non-hydrogen) atoms. The van der Waals surface area contributed by atoms with Gasteiger partial charge < -0.3 is 5.11 Å². The van der Waals surface area contributed by atoms with Crippen molar-refractivity contribution in [3.63, 3.8) is 0 Å². The van der Waals surface area contributed by atoms with Crippen LogP contribution in [0.15, 0.2) is 35.9 Å². The fourth-order valence-corrected chi connectivity index (χ4v) is 1.82. The number of aliphatic hydroxyl groups excluding tert-OH is 1. The van der Waals surface area contributed by atoms with Crippen molar-refractivity contribution < 1.29 is 5.11 Å². The molecule has 2 rings (SSSR count). The molecular weight excluding hydrogens is 184 g/mol. The molecular formula is C14H18O. The van der Waals surface area contributed by atoms with Crippen LogP contribution in [0.5, 0.6) is 0 Å². The minimum Gasteiger partial charge on any atom is -0.396 e. The Hall–Kier alpha value is -1.08. The van der Waals surface area contributed by atoms with Crippen LogP contribution in [0.25, 0.3) is 0 Å². The van der Waals surface area contributed by atoms with E-state index in [2.05, 4.69) is 30.3 Å². The lowest BCUT2D eigenvalue weighted by molar-refractivity contribution is 0.299. The first kappa shape index (κ1) is 10.4. The van der Waals surface area contributed by atoms with E-state index >= 15 is 0 Å². The molecule has 1 aromatic rings. The molecule has 0 aliphatic heterocycles. The van der Waals surface area contributed by atoms with Crippen LogP contribution in [0.2, 0.25) is 0 Å². The van der Waals surface area contributed by atoms with E-state index in [0.717, 1.165) is 12.8 Å². The van der Waals surface area contributed by atoms with Gasteiger partial charge in [-0.05, 0) is 43.2 Å². The fraction of sp³-hybridized carbons (Fsp3) is 0.429. The van der Waals surface area contributed by atoms with Crippen LogP contribution in [0.1, 0.15) is 30.4 Å². The van der Waals surface area contributed by atoms with Crippen molar-refractivity contribution in [3.05, 3.63) is 47.0 Å². The Bertz CT molecular complexity index is 329. The number of aliphatic hydroxyl groups is 1. The molecule has 1 aliphatic carbocycles. The van der Waals surface area contributed by atoms with Gasteiger partial charge in [-0.25, -0.2) is 0 Å². The lowest BCUT2D eigenvalue weighted by Crippen LogP contribution is -1.97. The molecule has 0 radical (unpaired) electrons. The van der Waals surface area contributed by atoms with Gasteiger partial charge >= 0.3 is 0 Å². The second kappa shape index (κ2) is 5.13. The van der Waals surface area contributed by atoms with E-state index in [4.69, 9.17) is 5.11 Å². The van der Waals surface area contributed by atoms with E-state index in [9.17, 15) is 0 Å². The second-order valence-corrected chi connectivity index (χ2v) is 4.21. The molecule has 0 saturated heterocycles. The molecule has 80 valence electrons. The van der Waals surface area contributed by atoms with E-state index in [0.29, 0.717) is 0 Å². The highest BCUT2D eigenvalue weighted by Gasteiger charge is 2.06. The molecule has 0 spiro atoms. The van der Waals surface area contributed by atoms with Crippen LogP contribution >= 0.6 is 0 Å². The molecule has 0 atom stereocenters. The van der Waals surface area contributed by atoms with Crippen molar-refractivity contribution in [3.8, 4) is 0 Å². The van der Waals surface area contributed by atoms with Gasteiger partial charge in [0.05, 0.1) is 0 Å². The molecule has 1 saturated carbocycles. The zero-order valence-electron chi connectivity index (χ0n) is 9.08. The minimum atomic E-state index is 0.239. The van der Waals surface area contributed by atoms with Crippen LogP contribution in [0.3, 0.4) is 0 Å². The van der Waals surface area contributed by atoms with E-state index in [1.165, 1.54) is 30.4 Å². The van der Waals surface area contributed by atoms with Gasteiger partial charge in [-0.3, -0.25) is 0 Å². The average Bonchev–Trinajstić information content (AvgIpc) is 2.19. The van der Waals surface area contributed by atoms with Crippen molar-refractivity contribution in [1.82, 2.24) is 0 Å². The van der Waals surface area contributed by atoms with Gasteiger partial charge in [0, 0.05) is 6.61 Å². The molecule has 0 unspecified atom stereocenters. The second-order valence-electron chi connectivity index (χ2n) is 4.21. The highest BCUT2D eigenvalue weighted by atomic mass is 16.2. The molecule has 1 aliphatic rings. The van der Waals surface area contributed by atoms with E-state index in [1.807, 2.05) is 0 Å². The Morgan fingerprint density at radius 2 is 1.73 bits per heavy atom. The SMILES string of the molecule is OCCc1ccc(CC=C2CCC2)cc1. The van der Waals surface area contributed by atoms with Crippen molar-refractivity contribution in [2.24, 2.45) is 0 Å². The first-order valence-electron chi connectivity index (χ1n) is 5.75. The topological polar surface area (TPSA) is 20.2 Å². The maximum absolute atomic E-state index is 8.80. The van der Waals surface area contributed by atoms with Gasteiger partial charge in [0.1, 0.15) is 0 Å². The number of hydrogen-bond donors (Lipinski definition) is 1. The van der Waals surface area contributed by atoms with Gasteiger partial charge in [-0.15, -0.1) is 0 Å². The number of hydrogen-bond acceptors (Lipinski definition) is 1. The summed E-state index contributed by atoms with van der Waals surface area (Å²) in [6.45, 7) is 0.239. The van der Waals surface area contributed by atoms with Crippen LogP contribution in [0, 0.1) is 0 Å². The Labute approximate surface area is 91.4 Å². The summed E-state index contributed by atoms with van der Waals surface area (Å²) in [7, 11) is 0. The monoisotopic (exact) mass is 202 g/mol. The zero-order chi connectivity index (χ0) is 10.5. The van der Waals surface area contributed by atoms with Gasteiger partial charge in [-0.2, -0.15) is 0 Å². The van der Waals surface area contributed by atoms with Crippen LogP contribution in [-0.4, -0.2) is 11.7 Å². The molecule has 1 heteroatoms. The van der Waals surface area contributed by atoms with Crippen LogP contribution in [-0.2, 0) is 12.8 Å². The number of rotatable bonds is 4. The highest BCUT2D eigenvalue weighted by Crippen LogP contribution is 2.25. The van der Waals surface area contributed by atoms with Gasteiger partial charge in [-0.1, -0.05) is 35.9 Å². The molecule has 1 nitrogen and oxygen atoms in total. The molecule has 1 N–H and O–H groups in total.